The van der Waals surface area contributed by atoms with Gasteiger partial charge in [0.25, 0.3) is 6.43 Å². The summed E-state index contributed by atoms with van der Waals surface area (Å²) in [7, 11) is -1.76. The highest BCUT2D eigenvalue weighted by molar-refractivity contribution is 7.88. The number of sulfonamides is 1. The molecule has 4 rings (SSSR count). The topological polar surface area (TPSA) is 118 Å². The summed E-state index contributed by atoms with van der Waals surface area (Å²) in [6.07, 6.45) is 0.0987. The fourth-order valence-electron chi connectivity index (χ4n) is 3.68. The lowest BCUT2D eigenvalue weighted by Gasteiger charge is -2.33. The van der Waals surface area contributed by atoms with Crippen LogP contribution in [0.2, 0.25) is 0 Å². The second-order valence-corrected chi connectivity index (χ2v) is 9.95. The lowest BCUT2D eigenvalue weighted by Crippen LogP contribution is -2.49. The van der Waals surface area contributed by atoms with Crippen LogP contribution in [0.15, 0.2) is 18.5 Å². The van der Waals surface area contributed by atoms with Crippen LogP contribution >= 0.6 is 0 Å². The van der Waals surface area contributed by atoms with Crippen LogP contribution in [-0.2, 0) is 17.1 Å². The predicted molar refractivity (Wildman–Crippen MR) is 117 cm³/mol. The molecule has 1 aliphatic rings. The number of piperidine rings is 1. The third-order valence-corrected chi connectivity index (χ3v) is 6.62. The van der Waals surface area contributed by atoms with Gasteiger partial charge in [-0.1, -0.05) is 0 Å². The van der Waals surface area contributed by atoms with Gasteiger partial charge in [-0.25, -0.2) is 36.5 Å². The van der Waals surface area contributed by atoms with E-state index < -0.39 is 34.4 Å². The van der Waals surface area contributed by atoms with E-state index in [4.69, 9.17) is 0 Å². The molecule has 1 fully saturated rings. The first-order chi connectivity index (χ1) is 15.5. The monoisotopic (exact) mass is 484 g/mol. The Hall–Kier alpha value is -3.00. The zero-order chi connectivity index (χ0) is 23.9. The van der Waals surface area contributed by atoms with Crippen molar-refractivity contribution in [3.8, 4) is 0 Å². The van der Waals surface area contributed by atoms with E-state index >= 15 is 0 Å². The first kappa shape index (κ1) is 23.2. The summed E-state index contributed by atoms with van der Waals surface area (Å²) in [5.74, 6) is 0.580. The van der Waals surface area contributed by atoms with Crippen LogP contribution < -0.4 is 10.6 Å². The Morgan fingerprint density at radius 3 is 2.61 bits per heavy atom. The first-order valence-corrected chi connectivity index (χ1v) is 11.9. The van der Waals surface area contributed by atoms with E-state index in [0.29, 0.717) is 11.2 Å². The van der Waals surface area contributed by atoms with Crippen LogP contribution in [0.5, 0.6) is 0 Å². The Morgan fingerprint density at radius 1 is 1.24 bits per heavy atom. The zero-order valence-electron chi connectivity index (χ0n) is 18.1. The highest BCUT2D eigenvalue weighted by atomic mass is 32.2. The van der Waals surface area contributed by atoms with Crippen LogP contribution in [0.25, 0.3) is 10.9 Å². The molecule has 0 aliphatic carbocycles. The van der Waals surface area contributed by atoms with Crippen molar-refractivity contribution in [2.45, 2.75) is 32.0 Å². The van der Waals surface area contributed by atoms with E-state index in [9.17, 15) is 21.6 Å². The number of fused-ring (bicyclic) bond motifs is 1. The van der Waals surface area contributed by atoms with Crippen molar-refractivity contribution >= 4 is 38.5 Å². The molecule has 3 aromatic rings. The Kier molecular flexibility index (Phi) is 6.14. The second-order valence-electron chi connectivity index (χ2n) is 7.96. The van der Waals surface area contributed by atoms with Gasteiger partial charge in [-0.15, -0.1) is 0 Å². The van der Waals surface area contributed by atoms with E-state index in [2.05, 4.69) is 30.7 Å². The molecular weight excluding hydrogens is 461 g/mol. The number of aromatic nitrogens is 5. The van der Waals surface area contributed by atoms with Crippen molar-refractivity contribution < 1.29 is 21.6 Å². The SMILES string of the molecule is Cc1cn(C)nc1Nc1nc(C(F)F)cc2cnc(NC3CCN(S(C)(=O)=O)C[C@@H]3F)nc12. The van der Waals surface area contributed by atoms with Crippen molar-refractivity contribution in [2.24, 2.45) is 7.05 Å². The van der Waals surface area contributed by atoms with Crippen LogP contribution in [0, 0.1) is 6.92 Å². The van der Waals surface area contributed by atoms with E-state index in [1.165, 1.54) is 12.3 Å². The standard InChI is InChI=1S/C19H23F3N8O2S/c1-10-8-29(2)28-17(10)27-18-15-11(6-14(24-18)16(21)22)7-23-19(26-15)25-13-4-5-30(9-12(13)20)33(3,31)32/h6-8,12-13,16H,4-5,9H2,1-3H3,(H,23,25,26)(H,24,27,28)/t12-,13?/m0/s1. The summed E-state index contributed by atoms with van der Waals surface area (Å²) < 4.78 is 67.4. The maximum atomic E-state index is 14.6. The van der Waals surface area contributed by atoms with Gasteiger partial charge in [0.05, 0.1) is 12.3 Å². The number of rotatable bonds is 6. The quantitative estimate of drug-likeness (QED) is 0.548. The first-order valence-electron chi connectivity index (χ1n) is 10.1. The summed E-state index contributed by atoms with van der Waals surface area (Å²) in [5.41, 5.74) is 0.589. The Labute approximate surface area is 188 Å². The van der Waals surface area contributed by atoms with Crippen molar-refractivity contribution in [1.82, 2.24) is 29.0 Å². The van der Waals surface area contributed by atoms with Crippen molar-refractivity contribution in [3.05, 3.63) is 29.7 Å². The van der Waals surface area contributed by atoms with Gasteiger partial charge in [-0.2, -0.15) is 9.40 Å². The molecule has 2 atom stereocenters. The minimum atomic E-state index is -3.48. The third-order valence-electron chi connectivity index (χ3n) is 5.35. The summed E-state index contributed by atoms with van der Waals surface area (Å²) in [5, 5.41) is 10.4. The highest BCUT2D eigenvalue weighted by Gasteiger charge is 2.33. The molecule has 0 radical (unpaired) electrons. The number of hydrogen-bond donors (Lipinski definition) is 2. The normalized spacial score (nSPS) is 19.8. The molecule has 0 bridgehead atoms. The van der Waals surface area contributed by atoms with Gasteiger partial charge in [0, 0.05) is 43.5 Å². The molecule has 0 spiro atoms. The number of aryl methyl sites for hydroxylation is 2. The largest absolute Gasteiger partial charge is 0.348 e. The molecule has 0 saturated carbocycles. The molecule has 0 aromatic carbocycles. The lowest BCUT2D eigenvalue weighted by molar-refractivity contribution is 0.146. The number of halogens is 3. The molecule has 1 saturated heterocycles. The molecule has 4 heterocycles. The van der Waals surface area contributed by atoms with E-state index in [1.54, 1.807) is 24.9 Å². The van der Waals surface area contributed by atoms with Crippen molar-refractivity contribution in [3.63, 3.8) is 0 Å². The minimum Gasteiger partial charge on any atom is -0.348 e. The average molecular weight is 485 g/mol. The maximum Gasteiger partial charge on any atom is 0.280 e. The van der Waals surface area contributed by atoms with Gasteiger partial charge >= 0.3 is 0 Å². The molecule has 10 nitrogen and oxygen atoms in total. The van der Waals surface area contributed by atoms with E-state index in [0.717, 1.165) is 16.1 Å². The summed E-state index contributed by atoms with van der Waals surface area (Å²) in [6, 6.07) is 0.492. The fraction of sp³-hybridized carbons (Fsp3) is 0.474. The smallest absolute Gasteiger partial charge is 0.280 e. The van der Waals surface area contributed by atoms with Gasteiger partial charge in [-0.3, -0.25) is 4.68 Å². The number of hydrogen-bond acceptors (Lipinski definition) is 8. The predicted octanol–water partition coefficient (Wildman–Crippen LogP) is 2.53. The lowest BCUT2D eigenvalue weighted by atomic mass is 10.1. The van der Waals surface area contributed by atoms with Gasteiger partial charge in [-0.05, 0) is 19.4 Å². The number of nitrogens with one attached hydrogen (secondary N) is 2. The Morgan fingerprint density at radius 2 is 2.00 bits per heavy atom. The van der Waals surface area contributed by atoms with Gasteiger partial charge in [0.2, 0.25) is 16.0 Å². The number of anilines is 3. The molecule has 3 aromatic heterocycles. The van der Waals surface area contributed by atoms with E-state index in [1.807, 2.05) is 0 Å². The summed E-state index contributed by atoms with van der Waals surface area (Å²) in [4.78, 5) is 12.5. The van der Waals surface area contributed by atoms with Crippen LogP contribution in [0.1, 0.15) is 24.1 Å². The Balaban J connectivity index is 1.65. The average Bonchev–Trinajstić information content (AvgIpc) is 3.05. The molecular formula is C19H23F3N8O2S. The molecule has 2 N–H and O–H groups in total. The number of pyridine rings is 1. The zero-order valence-corrected chi connectivity index (χ0v) is 18.9. The molecule has 1 unspecified atom stereocenters. The Bertz CT molecular complexity index is 1280. The van der Waals surface area contributed by atoms with Crippen LogP contribution in [0.4, 0.5) is 30.8 Å². The molecule has 0 amide bonds. The summed E-state index contributed by atoms with van der Waals surface area (Å²) in [6.45, 7) is 1.70. The second kappa shape index (κ2) is 8.74. The fourth-order valence-corrected chi connectivity index (χ4v) is 4.53. The van der Waals surface area contributed by atoms with Crippen LogP contribution in [0.3, 0.4) is 0 Å². The molecule has 33 heavy (non-hydrogen) atoms. The number of nitrogens with zero attached hydrogens (tertiary/aromatic N) is 6. The molecule has 14 heteroatoms. The van der Waals surface area contributed by atoms with Gasteiger partial charge in [0.15, 0.2) is 11.6 Å². The minimum absolute atomic E-state index is 0.0683. The van der Waals surface area contributed by atoms with Crippen molar-refractivity contribution in [2.75, 3.05) is 30.0 Å². The maximum absolute atomic E-state index is 14.6. The van der Waals surface area contributed by atoms with Crippen molar-refractivity contribution in [1.29, 1.82) is 0 Å². The third kappa shape index (κ3) is 5.00. The number of alkyl halides is 3. The summed E-state index contributed by atoms with van der Waals surface area (Å²) >= 11 is 0. The van der Waals surface area contributed by atoms with Gasteiger partial charge in [0.1, 0.15) is 17.4 Å². The molecule has 178 valence electrons. The van der Waals surface area contributed by atoms with Gasteiger partial charge < -0.3 is 10.6 Å². The molecule has 1 aliphatic heterocycles. The van der Waals surface area contributed by atoms with Crippen LogP contribution in [-0.4, -0.2) is 69.0 Å². The van der Waals surface area contributed by atoms with E-state index in [-0.39, 0.29) is 36.8 Å². The highest BCUT2D eigenvalue weighted by Crippen LogP contribution is 2.29.